The number of hydrogen-bond acceptors (Lipinski definition) is 4. The molecule has 23 heavy (non-hydrogen) atoms. The molecule has 2 fully saturated rings. The highest BCUT2D eigenvalue weighted by atomic mass is 16.5. The van der Waals surface area contributed by atoms with E-state index in [0.717, 1.165) is 11.4 Å². The third-order valence-corrected chi connectivity index (χ3v) is 4.14. The number of ether oxygens (including phenoxy) is 2. The molecule has 0 spiro atoms. The van der Waals surface area contributed by atoms with Gasteiger partial charge in [-0.15, -0.1) is 0 Å². The van der Waals surface area contributed by atoms with E-state index in [2.05, 4.69) is 5.32 Å². The van der Waals surface area contributed by atoms with Crippen molar-refractivity contribution in [2.24, 2.45) is 0 Å². The Morgan fingerprint density at radius 1 is 1.26 bits per heavy atom. The van der Waals surface area contributed by atoms with Crippen LogP contribution in [0.1, 0.15) is 6.42 Å². The van der Waals surface area contributed by atoms with E-state index in [0.29, 0.717) is 39.3 Å². The molecule has 3 rings (SSSR count). The van der Waals surface area contributed by atoms with E-state index in [4.69, 9.17) is 9.47 Å². The zero-order chi connectivity index (χ0) is 16.2. The highest BCUT2D eigenvalue weighted by molar-refractivity contribution is 5.96. The summed E-state index contributed by atoms with van der Waals surface area (Å²) < 4.78 is 10.4. The maximum absolute atomic E-state index is 12.2. The molecule has 0 aromatic heterocycles. The molecular formula is C16H21N3O4. The predicted octanol–water partition coefficient (Wildman–Crippen LogP) is 0.842. The molecule has 0 unspecified atom stereocenters. The number of benzene rings is 1. The first-order valence-electron chi connectivity index (χ1n) is 7.75. The fourth-order valence-corrected chi connectivity index (χ4v) is 2.85. The van der Waals surface area contributed by atoms with E-state index >= 15 is 0 Å². The number of nitrogens with zero attached hydrogens (tertiary/aromatic N) is 2. The van der Waals surface area contributed by atoms with E-state index in [1.807, 2.05) is 24.3 Å². The molecular weight excluding hydrogens is 298 g/mol. The fourth-order valence-electron chi connectivity index (χ4n) is 2.85. The van der Waals surface area contributed by atoms with E-state index < -0.39 is 0 Å². The van der Waals surface area contributed by atoms with Crippen LogP contribution in [0.5, 0.6) is 5.75 Å². The van der Waals surface area contributed by atoms with Crippen molar-refractivity contribution in [3.63, 3.8) is 0 Å². The minimum atomic E-state index is -0.167. The van der Waals surface area contributed by atoms with E-state index in [9.17, 15) is 9.59 Å². The van der Waals surface area contributed by atoms with E-state index in [1.54, 1.807) is 16.9 Å². The summed E-state index contributed by atoms with van der Waals surface area (Å²) in [4.78, 5) is 27.8. The summed E-state index contributed by atoms with van der Waals surface area (Å²) >= 11 is 0. The van der Waals surface area contributed by atoms with Crippen LogP contribution in [-0.2, 0) is 9.53 Å². The highest BCUT2D eigenvalue weighted by Gasteiger charge is 2.32. The SMILES string of the molecule is COc1ccc(N2C[C@H](NC(=O)N3CCOCC3)CC2=O)cc1. The summed E-state index contributed by atoms with van der Waals surface area (Å²) in [6.45, 7) is 2.80. The second kappa shape index (κ2) is 6.87. The molecule has 1 atom stereocenters. The summed E-state index contributed by atoms with van der Waals surface area (Å²) in [5.74, 6) is 0.764. The normalized spacial score (nSPS) is 21.4. The third-order valence-electron chi connectivity index (χ3n) is 4.14. The topological polar surface area (TPSA) is 71.1 Å². The second-order valence-electron chi connectivity index (χ2n) is 5.65. The van der Waals surface area contributed by atoms with Crippen molar-refractivity contribution in [3.8, 4) is 5.75 Å². The number of carbonyl (C=O) groups excluding carboxylic acids is 2. The van der Waals surface area contributed by atoms with Crippen molar-refractivity contribution in [1.82, 2.24) is 10.2 Å². The van der Waals surface area contributed by atoms with Crippen LogP contribution in [0.4, 0.5) is 10.5 Å². The fraction of sp³-hybridized carbons (Fsp3) is 0.500. The number of urea groups is 1. The third kappa shape index (κ3) is 3.56. The van der Waals surface area contributed by atoms with Gasteiger partial charge in [0.2, 0.25) is 5.91 Å². The van der Waals surface area contributed by atoms with Crippen molar-refractivity contribution in [2.75, 3.05) is 44.9 Å². The van der Waals surface area contributed by atoms with Gasteiger partial charge in [-0.2, -0.15) is 0 Å². The van der Waals surface area contributed by atoms with Crippen LogP contribution in [0.3, 0.4) is 0 Å². The van der Waals surface area contributed by atoms with Crippen molar-refractivity contribution >= 4 is 17.6 Å². The Hall–Kier alpha value is -2.28. The minimum Gasteiger partial charge on any atom is -0.497 e. The van der Waals surface area contributed by atoms with Crippen LogP contribution >= 0.6 is 0 Å². The predicted molar refractivity (Wildman–Crippen MR) is 84.7 cm³/mol. The second-order valence-corrected chi connectivity index (χ2v) is 5.65. The number of morpholine rings is 1. The molecule has 2 aliphatic rings. The number of rotatable bonds is 3. The van der Waals surface area contributed by atoms with Gasteiger partial charge in [-0.3, -0.25) is 4.79 Å². The molecule has 0 aliphatic carbocycles. The van der Waals surface area contributed by atoms with Crippen LogP contribution in [0.25, 0.3) is 0 Å². The van der Waals surface area contributed by atoms with Crippen LogP contribution in [0.15, 0.2) is 24.3 Å². The Morgan fingerprint density at radius 2 is 1.96 bits per heavy atom. The zero-order valence-corrected chi connectivity index (χ0v) is 13.2. The Labute approximate surface area is 135 Å². The van der Waals surface area contributed by atoms with Gasteiger partial charge >= 0.3 is 6.03 Å². The summed E-state index contributed by atoms with van der Waals surface area (Å²) in [5, 5.41) is 2.95. The Kier molecular flexibility index (Phi) is 4.66. The quantitative estimate of drug-likeness (QED) is 0.896. The summed E-state index contributed by atoms with van der Waals surface area (Å²) in [7, 11) is 1.60. The molecule has 2 aliphatic heterocycles. The van der Waals surface area contributed by atoms with Gasteiger partial charge in [0.05, 0.1) is 26.4 Å². The molecule has 7 heteroatoms. The molecule has 1 N–H and O–H groups in total. The molecule has 3 amide bonds. The molecule has 1 aromatic carbocycles. The Balaban J connectivity index is 1.59. The minimum absolute atomic E-state index is 0.0162. The smallest absolute Gasteiger partial charge is 0.317 e. The van der Waals surface area contributed by atoms with Crippen molar-refractivity contribution in [3.05, 3.63) is 24.3 Å². The first-order chi connectivity index (χ1) is 11.2. The monoisotopic (exact) mass is 319 g/mol. The molecule has 0 radical (unpaired) electrons. The average Bonchev–Trinajstić information content (AvgIpc) is 2.96. The molecule has 124 valence electrons. The lowest BCUT2D eigenvalue weighted by Gasteiger charge is -2.28. The number of anilines is 1. The largest absolute Gasteiger partial charge is 0.497 e. The Bertz CT molecular complexity index is 569. The molecule has 1 aromatic rings. The number of methoxy groups -OCH3 is 1. The molecule has 2 heterocycles. The van der Waals surface area contributed by atoms with Crippen LogP contribution in [0, 0.1) is 0 Å². The molecule has 7 nitrogen and oxygen atoms in total. The van der Waals surface area contributed by atoms with Gasteiger partial charge < -0.3 is 24.6 Å². The molecule has 0 saturated carbocycles. The average molecular weight is 319 g/mol. The lowest BCUT2D eigenvalue weighted by molar-refractivity contribution is -0.117. The molecule has 0 bridgehead atoms. The first-order valence-corrected chi connectivity index (χ1v) is 7.75. The van der Waals surface area contributed by atoms with Gasteiger partial charge in [0, 0.05) is 31.7 Å². The lowest BCUT2D eigenvalue weighted by atomic mass is 10.2. The van der Waals surface area contributed by atoms with Crippen molar-refractivity contribution < 1.29 is 19.1 Å². The van der Waals surface area contributed by atoms with Gasteiger partial charge in [-0.1, -0.05) is 0 Å². The van der Waals surface area contributed by atoms with Gasteiger partial charge in [0.25, 0.3) is 0 Å². The van der Waals surface area contributed by atoms with Gasteiger partial charge in [-0.05, 0) is 24.3 Å². The van der Waals surface area contributed by atoms with Gasteiger partial charge in [-0.25, -0.2) is 4.79 Å². The number of nitrogens with one attached hydrogen (secondary N) is 1. The van der Waals surface area contributed by atoms with Crippen LogP contribution in [0.2, 0.25) is 0 Å². The van der Waals surface area contributed by atoms with Crippen molar-refractivity contribution in [1.29, 1.82) is 0 Å². The summed E-state index contributed by atoms with van der Waals surface area (Å²) in [5.41, 5.74) is 0.818. The number of carbonyl (C=O) groups is 2. The summed E-state index contributed by atoms with van der Waals surface area (Å²) in [6.07, 6.45) is 0.322. The lowest BCUT2D eigenvalue weighted by Crippen LogP contribution is -2.49. The standard InChI is InChI=1S/C16H21N3O4/c1-22-14-4-2-13(3-5-14)19-11-12(10-15(19)20)17-16(21)18-6-8-23-9-7-18/h2-5,12H,6-11H2,1H3,(H,17,21)/t12-/m1/s1. The van der Waals surface area contributed by atoms with E-state index in [1.165, 1.54) is 0 Å². The Morgan fingerprint density at radius 3 is 2.61 bits per heavy atom. The van der Waals surface area contributed by atoms with Crippen molar-refractivity contribution in [2.45, 2.75) is 12.5 Å². The maximum Gasteiger partial charge on any atom is 0.317 e. The first kappa shape index (κ1) is 15.6. The zero-order valence-electron chi connectivity index (χ0n) is 13.2. The number of hydrogen-bond donors (Lipinski definition) is 1. The van der Waals surface area contributed by atoms with Gasteiger partial charge in [0.1, 0.15) is 5.75 Å². The molecule has 2 saturated heterocycles. The van der Waals surface area contributed by atoms with Crippen LogP contribution < -0.4 is 15.0 Å². The number of amides is 3. The van der Waals surface area contributed by atoms with Gasteiger partial charge in [0.15, 0.2) is 0 Å². The highest BCUT2D eigenvalue weighted by Crippen LogP contribution is 2.24. The maximum atomic E-state index is 12.2. The van der Waals surface area contributed by atoms with E-state index in [-0.39, 0.29) is 18.0 Å². The van der Waals surface area contributed by atoms with Crippen LogP contribution in [-0.4, -0.2) is 62.8 Å². The summed E-state index contributed by atoms with van der Waals surface area (Å²) in [6, 6.07) is 7.05.